The monoisotopic (exact) mass is 712 g/mol. The van der Waals surface area contributed by atoms with Gasteiger partial charge in [0.25, 0.3) is 0 Å². The van der Waals surface area contributed by atoms with Crippen molar-refractivity contribution in [1.82, 2.24) is 31.9 Å². The van der Waals surface area contributed by atoms with Crippen LogP contribution in [0, 0.1) is 11.8 Å². The van der Waals surface area contributed by atoms with Crippen molar-refractivity contribution >= 4 is 48.1 Å². The predicted octanol–water partition coefficient (Wildman–Crippen LogP) is 0.457. The molecule has 1 aliphatic heterocycles. The van der Waals surface area contributed by atoms with Crippen LogP contribution in [0.4, 0.5) is 0 Å². The van der Waals surface area contributed by atoms with Gasteiger partial charge in [-0.05, 0) is 54.2 Å². The van der Waals surface area contributed by atoms with E-state index in [9.17, 15) is 39.0 Å². The second-order valence-electron chi connectivity index (χ2n) is 12.9. The average molecular weight is 713 g/mol. The fourth-order valence-corrected chi connectivity index (χ4v) is 5.55. The molecule has 0 bridgehead atoms. The van der Waals surface area contributed by atoms with Crippen LogP contribution < -0.4 is 31.9 Å². The van der Waals surface area contributed by atoms with Gasteiger partial charge in [-0.2, -0.15) is 12.6 Å². The van der Waals surface area contributed by atoms with Crippen LogP contribution in [0.5, 0.6) is 11.5 Å². The van der Waals surface area contributed by atoms with Gasteiger partial charge in [0.05, 0.1) is 0 Å². The van der Waals surface area contributed by atoms with Gasteiger partial charge in [0.15, 0.2) is 0 Å². The first kappa shape index (κ1) is 39.6. The number of carbonyl (C=O) groups is 6. The van der Waals surface area contributed by atoms with Gasteiger partial charge >= 0.3 is 0 Å². The van der Waals surface area contributed by atoms with Crippen molar-refractivity contribution in [3.63, 3.8) is 0 Å². The Labute approximate surface area is 297 Å². The molecule has 1 fully saturated rings. The molecule has 0 saturated carbocycles. The molecule has 0 aromatic heterocycles. The van der Waals surface area contributed by atoms with E-state index in [1.807, 2.05) is 6.92 Å². The summed E-state index contributed by atoms with van der Waals surface area (Å²) in [5.41, 5.74) is 1.16. The summed E-state index contributed by atoms with van der Waals surface area (Å²) in [6.45, 7) is 8.42. The van der Waals surface area contributed by atoms with Crippen LogP contribution >= 0.6 is 12.6 Å². The summed E-state index contributed by atoms with van der Waals surface area (Å²) in [6, 6.07) is 5.02. The predicted molar refractivity (Wildman–Crippen MR) is 189 cm³/mol. The minimum Gasteiger partial charge on any atom is -0.508 e. The second-order valence-corrected chi connectivity index (χ2v) is 13.3. The standard InChI is InChI=1S/C35H48N6O8S/c1-6-19(4)29-35(49)38-26(16-22-9-13-24(43)14-10-22)32(46)37-25(15-21-7-11-23(42)12-8-21)31(45)36-20(5)30(44)40-28(18(2)3)34(48)39-27(17-50)33(47)41-29/h7-14,18-20,25-29,42-43,50H,6,15-17H2,1-5H3,(H,36,45)(H,37,46)(H,38,49)(H,39,48)(H,40,44)(H,41,47)/t19-,20+,25+,26+,27+,28+,29+/m1/s1. The Bertz CT molecular complexity index is 1520. The molecule has 1 heterocycles. The molecule has 6 amide bonds. The molecule has 0 radical (unpaired) electrons. The number of benzene rings is 2. The Hall–Kier alpha value is -4.79. The van der Waals surface area contributed by atoms with E-state index in [2.05, 4.69) is 44.5 Å². The van der Waals surface area contributed by atoms with E-state index < -0.39 is 83.5 Å². The van der Waals surface area contributed by atoms with Gasteiger partial charge in [0.2, 0.25) is 35.4 Å². The van der Waals surface area contributed by atoms with Gasteiger partial charge in [-0.3, -0.25) is 28.8 Å². The maximum absolute atomic E-state index is 14.0. The zero-order chi connectivity index (χ0) is 37.1. The number of phenols is 2. The molecule has 3 rings (SSSR count). The summed E-state index contributed by atoms with van der Waals surface area (Å²) in [5, 5.41) is 35.6. The molecule has 0 unspecified atom stereocenters. The van der Waals surface area contributed by atoms with Crippen LogP contribution in [0.25, 0.3) is 0 Å². The fourth-order valence-electron chi connectivity index (χ4n) is 5.29. The van der Waals surface area contributed by atoms with Crippen LogP contribution in [0.15, 0.2) is 48.5 Å². The number of aromatic hydroxyl groups is 2. The molecule has 7 atom stereocenters. The molecule has 272 valence electrons. The third-order valence-corrected chi connectivity index (χ3v) is 8.99. The number of rotatable bonds is 8. The van der Waals surface area contributed by atoms with Gasteiger partial charge in [0, 0.05) is 18.6 Å². The fraction of sp³-hybridized carbons (Fsp3) is 0.486. The number of carbonyl (C=O) groups excluding carboxylic acids is 6. The number of hydrogen-bond donors (Lipinski definition) is 9. The van der Waals surface area contributed by atoms with Crippen molar-refractivity contribution < 1.29 is 39.0 Å². The second kappa shape index (κ2) is 18.3. The lowest BCUT2D eigenvalue weighted by molar-refractivity contribution is -0.137. The van der Waals surface area contributed by atoms with Gasteiger partial charge in [-0.1, -0.05) is 58.4 Å². The highest BCUT2D eigenvalue weighted by atomic mass is 32.1. The topological polar surface area (TPSA) is 215 Å². The highest BCUT2D eigenvalue weighted by Gasteiger charge is 2.36. The Kier molecular flexibility index (Phi) is 14.5. The van der Waals surface area contributed by atoms with Crippen LogP contribution in [0.2, 0.25) is 0 Å². The molecular weight excluding hydrogens is 664 g/mol. The number of thiol groups is 1. The number of hydrogen-bond acceptors (Lipinski definition) is 9. The SMILES string of the molecule is CC[C@@H](C)[C@@H]1NC(=O)[C@H](CS)NC(=O)[C@H](C(C)C)NC(=O)[C@H](C)NC(=O)[C@H](Cc2ccc(O)cc2)NC(=O)[C@H](Cc2ccc(O)cc2)NC1=O. The van der Waals surface area contributed by atoms with Crippen LogP contribution in [0.1, 0.15) is 52.2 Å². The number of nitrogens with one attached hydrogen (secondary N) is 6. The summed E-state index contributed by atoms with van der Waals surface area (Å²) in [5.74, 6) is -5.06. The van der Waals surface area contributed by atoms with Crippen molar-refractivity contribution in [2.75, 3.05) is 5.75 Å². The third kappa shape index (κ3) is 11.1. The quantitative estimate of drug-likeness (QED) is 0.175. The zero-order valence-electron chi connectivity index (χ0n) is 28.9. The summed E-state index contributed by atoms with van der Waals surface area (Å²) < 4.78 is 0. The van der Waals surface area contributed by atoms with Crippen molar-refractivity contribution in [3.05, 3.63) is 59.7 Å². The molecule has 1 saturated heterocycles. The van der Waals surface area contributed by atoms with Gasteiger partial charge < -0.3 is 42.1 Å². The van der Waals surface area contributed by atoms with Crippen molar-refractivity contribution in [3.8, 4) is 11.5 Å². The minimum absolute atomic E-state index is 0.000770. The third-order valence-electron chi connectivity index (χ3n) is 8.63. The largest absolute Gasteiger partial charge is 0.508 e. The Morgan fingerprint density at radius 3 is 1.44 bits per heavy atom. The molecule has 50 heavy (non-hydrogen) atoms. The minimum atomic E-state index is -1.25. The molecule has 8 N–H and O–H groups in total. The molecule has 1 aliphatic rings. The lowest BCUT2D eigenvalue weighted by Crippen LogP contribution is -2.63. The highest BCUT2D eigenvalue weighted by molar-refractivity contribution is 7.80. The van der Waals surface area contributed by atoms with E-state index in [1.165, 1.54) is 31.2 Å². The Balaban J connectivity index is 2.09. The summed E-state index contributed by atoms with van der Waals surface area (Å²) in [6.07, 6.45) is 0.386. The molecule has 2 aromatic rings. The van der Waals surface area contributed by atoms with Crippen LogP contribution in [0.3, 0.4) is 0 Å². The molecule has 14 nitrogen and oxygen atoms in total. The van der Waals surface area contributed by atoms with Crippen LogP contribution in [-0.2, 0) is 41.6 Å². The Morgan fingerprint density at radius 1 is 0.580 bits per heavy atom. The first-order valence-corrected chi connectivity index (χ1v) is 17.3. The van der Waals surface area contributed by atoms with Crippen molar-refractivity contribution in [1.29, 1.82) is 0 Å². The molecule has 0 spiro atoms. The molecule has 2 aromatic carbocycles. The molecular formula is C35H48N6O8S. The van der Waals surface area contributed by atoms with Gasteiger partial charge in [-0.15, -0.1) is 0 Å². The number of amides is 6. The summed E-state index contributed by atoms with van der Waals surface area (Å²) >= 11 is 4.25. The van der Waals surface area contributed by atoms with Gasteiger partial charge in [-0.25, -0.2) is 0 Å². The average Bonchev–Trinajstić information content (AvgIpc) is 3.08. The maximum Gasteiger partial charge on any atom is 0.244 e. The summed E-state index contributed by atoms with van der Waals surface area (Å²) in [7, 11) is 0. The number of phenolic OH excluding ortho intramolecular Hbond substituents is 2. The van der Waals surface area contributed by atoms with E-state index in [-0.39, 0.29) is 30.1 Å². The molecule has 0 aliphatic carbocycles. The van der Waals surface area contributed by atoms with E-state index in [0.29, 0.717) is 17.5 Å². The lowest BCUT2D eigenvalue weighted by Gasteiger charge is -2.30. The smallest absolute Gasteiger partial charge is 0.244 e. The highest BCUT2D eigenvalue weighted by Crippen LogP contribution is 2.15. The first-order valence-electron chi connectivity index (χ1n) is 16.6. The van der Waals surface area contributed by atoms with E-state index in [0.717, 1.165) is 0 Å². The van der Waals surface area contributed by atoms with Crippen molar-refractivity contribution in [2.24, 2.45) is 11.8 Å². The lowest BCUT2D eigenvalue weighted by atomic mass is 9.96. The maximum atomic E-state index is 14.0. The van der Waals surface area contributed by atoms with Crippen molar-refractivity contribution in [2.45, 2.75) is 90.1 Å². The van der Waals surface area contributed by atoms with Crippen LogP contribution in [-0.4, -0.2) is 87.7 Å². The first-order chi connectivity index (χ1) is 23.6. The van der Waals surface area contributed by atoms with E-state index in [1.54, 1.807) is 45.0 Å². The van der Waals surface area contributed by atoms with E-state index in [4.69, 9.17) is 0 Å². The Morgan fingerprint density at radius 2 is 0.980 bits per heavy atom. The van der Waals surface area contributed by atoms with Gasteiger partial charge in [0.1, 0.15) is 47.8 Å². The normalized spacial score (nSPS) is 25.2. The summed E-state index contributed by atoms with van der Waals surface area (Å²) in [4.78, 5) is 81.8. The van der Waals surface area contributed by atoms with E-state index >= 15 is 0 Å². The zero-order valence-corrected chi connectivity index (χ0v) is 29.8. The molecule has 15 heteroatoms.